The van der Waals surface area contributed by atoms with Crippen LogP contribution in [0.2, 0.25) is 0 Å². The standard InChI is InChI=1S/C20H25N3O2/c24-17-18(21-16-8-4-5-9-16)22-19(25)20(17)10-12-23(13-11-20)14-15-6-2-1-3-7-15/h1-3,6-7,16H,4-5,8-14H2,(H,21,22,25). The van der Waals surface area contributed by atoms with Crippen molar-refractivity contribution in [3.05, 3.63) is 35.9 Å². The van der Waals surface area contributed by atoms with E-state index < -0.39 is 5.41 Å². The van der Waals surface area contributed by atoms with E-state index in [1.54, 1.807) is 0 Å². The smallest absolute Gasteiger partial charge is 0.262 e. The molecule has 1 N–H and O–H groups in total. The molecule has 2 aliphatic heterocycles. The number of benzene rings is 1. The van der Waals surface area contributed by atoms with Gasteiger partial charge in [-0.1, -0.05) is 43.2 Å². The van der Waals surface area contributed by atoms with Gasteiger partial charge in [0.1, 0.15) is 5.41 Å². The highest BCUT2D eigenvalue weighted by atomic mass is 16.2. The first kappa shape index (κ1) is 16.5. The van der Waals surface area contributed by atoms with Crippen LogP contribution in [-0.2, 0) is 16.1 Å². The molecule has 1 aliphatic carbocycles. The summed E-state index contributed by atoms with van der Waals surface area (Å²) in [7, 11) is 0. The molecule has 5 nitrogen and oxygen atoms in total. The molecule has 1 saturated carbocycles. The lowest BCUT2D eigenvalue weighted by Crippen LogP contribution is -2.49. The molecule has 1 saturated heterocycles. The number of aliphatic imine (C=N–C) groups is 1. The van der Waals surface area contributed by atoms with Gasteiger partial charge < -0.3 is 5.32 Å². The van der Waals surface area contributed by atoms with Crippen molar-refractivity contribution in [2.24, 2.45) is 10.4 Å². The van der Waals surface area contributed by atoms with Crippen LogP contribution in [0.1, 0.15) is 44.1 Å². The molecule has 0 atom stereocenters. The minimum absolute atomic E-state index is 0.0660. The number of rotatable bonds is 3. The first-order chi connectivity index (χ1) is 12.2. The Bertz CT molecular complexity index is 684. The SMILES string of the molecule is O=C1N=C(NC2CCCC2)C(=O)C12CCN(Cc1ccccc1)CC2. The van der Waals surface area contributed by atoms with E-state index in [1.807, 2.05) is 18.2 Å². The number of likely N-dealkylation sites (tertiary alicyclic amines) is 1. The summed E-state index contributed by atoms with van der Waals surface area (Å²) in [5.74, 6) is 0.0366. The fourth-order valence-electron chi connectivity index (χ4n) is 4.32. The predicted molar refractivity (Wildman–Crippen MR) is 96.2 cm³/mol. The summed E-state index contributed by atoms with van der Waals surface area (Å²) in [6.45, 7) is 2.39. The van der Waals surface area contributed by atoms with Gasteiger partial charge >= 0.3 is 0 Å². The van der Waals surface area contributed by atoms with Gasteiger partial charge in [-0.3, -0.25) is 14.5 Å². The van der Waals surface area contributed by atoms with Crippen molar-refractivity contribution in [3.8, 4) is 0 Å². The van der Waals surface area contributed by atoms with Gasteiger partial charge in [-0.15, -0.1) is 0 Å². The van der Waals surface area contributed by atoms with E-state index in [9.17, 15) is 9.59 Å². The van der Waals surface area contributed by atoms with Crippen molar-refractivity contribution < 1.29 is 9.59 Å². The monoisotopic (exact) mass is 339 g/mol. The molecule has 0 unspecified atom stereocenters. The molecule has 1 spiro atoms. The second-order valence-electron chi connectivity index (χ2n) is 7.56. The zero-order valence-corrected chi connectivity index (χ0v) is 14.5. The maximum absolute atomic E-state index is 12.9. The Morgan fingerprint density at radius 1 is 1.08 bits per heavy atom. The summed E-state index contributed by atoms with van der Waals surface area (Å²) in [5.41, 5.74) is 0.371. The normalized spacial score (nSPS) is 24.1. The number of hydrogen-bond donors (Lipinski definition) is 1. The van der Waals surface area contributed by atoms with Crippen LogP contribution in [0.4, 0.5) is 0 Å². The zero-order valence-electron chi connectivity index (χ0n) is 14.5. The number of amides is 1. The lowest BCUT2D eigenvalue weighted by Gasteiger charge is -2.36. The quantitative estimate of drug-likeness (QED) is 0.859. The average molecular weight is 339 g/mol. The van der Waals surface area contributed by atoms with Crippen LogP contribution in [0.15, 0.2) is 35.3 Å². The Kier molecular flexibility index (Phi) is 4.42. The van der Waals surface area contributed by atoms with E-state index in [0.29, 0.717) is 24.7 Å². The molecule has 25 heavy (non-hydrogen) atoms. The Morgan fingerprint density at radius 2 is 1.76 bits per heavy atom. The molecule has 5 heteroatoms. The summed E-state index contributed by atoms with van der Waals surface area (Å²) < 4.78 is 0. The minimum atomic E-state index is -0.895. The number of carbonyl (C=O) groups excluding carboxylic acids is 2. The zero-order chi connectivity index (χ0) is 17.3. The van der Waals surface area contributed by atoms with Crippen LogP contribution < -0.4 is 5.32 Å². The molecule has 1 amide bonds. The van der Waals surface area contributed by atoms with E-state index in [2.05, 4.69) is 27.3 Å². The summed E-state index contributed by atoms with van der Waals surface area (Å²) in [4.78, 5) is 31.9. The molecule has 4 rings (SSSR count). The molecule has 2 heterocycles. The van der Waals surface area contributed by atoms with Crippen LogP contribution in [0.25, 0.3) is 0 Å². The third kappa shape index (κ3) is 3.13. The maximum atomic E-state index is 12.9. The van der Waals surface area contributed by atoms with Gasteiger partial charge in [0.15, 0.2) is 5.84 Å². The van der Waals surface area contributed by atoms with Crippen LogP contribution in [0.5, 0.6) is 0 Å². The highest BCUT2D eigenvalue weighted by Gasteiger charge is 2.53. The molecule has 0 bridgehead atoms. The number of ketones is 1. The van der Waals surface area contributed by atoms with Crippen molar-refractivity contribution >= 4 is 17.5 Å². The largest absolute Gasteiger partial charge is 0.364 e. The number of amidine groups is 1. The van der Waals surface area contributed by atoms with Gasteiger partial charge in [-0.25, -0.2) is 0 Å². The Balaban J connectivity index is 1.38. The Labute approximate surface area is 148 Å². The van der Waals surface area contributed by atoms with Gasteiger partial charge in [0.25, 0.3) is 5.91 Å². The highest BCUT2D eigenvalue weighted by Crippen LogP contribution is 2.38. The fourth-order valence-corrected chi connectivity index (χ4v) is 4.32. The van der Waals surface area contributed by atoms with Gasteiger partial charge in [-0.05, 0) is 44.3 Å². The van der Waals surface area contributed by atoms with Gasteiger partial charge in [0.05, 0.1) is 0 Å². The lowest BCUT2D eigenvalue weighted by atomic mass is 9.75. The van der Waals surface area contributed by atoms with E-state index in [1.165, 1.54) is 18.4 Å². The summed E-state index contributed by atoms with van der Waals surface area (Å²) in [6, 6.07) is 10.6. The van der Waals surface area contributed by atoms with Crippen molar-refractivity contribution in [1.82, 2.24) is 10.2 Å². The van der Waals surface area contributed by atoms with Crippen LogP contribution in [0, 0.1) is 5.41 Å². The second kappa shape index (κ2) is 6.71. The summed E-state index contributed by atoms with van der Waals surface area (Å²) in [5, 5.41) is 3.25. The Morgan fingerprint density at radius 3 is 2.44 bits per heavy atom. The maximum Gasteiger partial charge on any atom is 0.262 e. The molecule has 2 fully saturated rings. The number of piperidine rings is 1. The highest BCUT2D eigenvalue weighted by molar-refractivity contribution is 6.50. The molecule has 1 aromatic carbocycles. The van der Waals surface area contributed by atoms with Crippen molar-refractivity contribution in [1.29, 1.82) is 0 Å². The first-order valence-corrected chi connectivity index (χ1v) is 9.38. The molecule has 0 aromatic heterocycles. The van der Waals surface area contributed by atoms with Gasteiger partial charge in [0, 0.05) is 12.6 Å². The first-order valence-electron chi connectivity index (χ1n) is 9.38. The molecular formula is C20H25N3O2. The van der Waals surface area contributed by atoms with Gasteiger partial charge in [-0.2, -0.15) is 4.99 Å². The topological polar surface area (TPSA) is 61.8 Å². The third-order valence-electron chi connectivity index (χ3n) is 5.93. The van der Waals surface area contributed by atoms with Crippen molar-refractivity contribution in [3.63, 3.8) is 0 Å². The van der Waals surface area contributed by atoms with Crippen LogP contribution >= 0.6 is 0 Å². The predicted octanol–water partition coefficient (Wildman–Crippen LogP) is 2.31. The lowest BCUT2D eigenvalue weighted by molar-refractivity contribution is -0.137. The molecule has 0 radical (unpaired) electrons. The molecular weight excluding hydrogens is 314 g/mol. The number of nitrogens with zero attached hydrogens (tertiary/aromatic N) is 2. The van der Waals surface area contributed by atoms with E-state index in [4.69, 9.17) is 0 Å². The number of carbonyl (C=O) groups is 2. The molecule has 1 aromatic rings. The number of nitrogens with one attached hydrogen (secondary N) is 1. The minimum Gasteiger partial charge on any atom is -0.364 e. The fraction of sp³-hybridized carbons (Fsp3) is 0.550. The van der Waals surface area contributed by atoms with E-state index in [0.717, 1.165) is 32.5 Å². The van der Waals surface area contributed by atoms with Gasteiger partial charge in [0.2, 0.25) is 5.78 Å². The van der Waals surface area contributed by atoms with Crippen LogP contribution in [-0.4, -0.2) is 41.6 Å². The van der Waals surface area contributed by atoms with E-state index in [-0.39, 0.29) is 11.7 Å². The summed E-state index contributed by atoms with van der Waals surface area (Å²) in [6.07, 6.45) is 5.67. The second-order valence-corrected chi connectivity index (χ2v) is 7.56. The number of Topliss-reactive ketones (excluding diaryl/α,β-unsaturated/α-hetero) is 1. The third-order valence-corrected chi connectivity index (χ3v) is 5.93. The number of hydrogen-bond acceptors (Lipinski definition) is 4. The molecule has 132 valence electrons. The van der Waals surface area contributed by atoms with E-state index >= 15 is 0 Å². The average Bonchev–Trinajstić information content (AvgIpc) is 3.22. The van der Waals surface area contributed by atoms with Crippen molar-refractivity contribution in [2.45, 2.75) is 51.1 Å². The molecule has 3 aliphatic rings. The van der Waals surface area contributed by atoms with Crippen LogP contribution in [0.3, 0.4) is 0 Å². The van der Waals surface area contributed by atoms with Crippen molar-refractivity contribution in [2.75, 3.05) is 13.1 Å². The summed E-state index contributed by atoms with van der Waals surface area (Å²) >= 11 is 0. The Hall–Kier alpha value is -2.01.